The molecule has 0 amide bonds. The van der Waals surface area contributed by atoms with Crippen molar-refractivity contribution in [2.75, 3.05) is 13.2 Å². The van der Waals surface area contributed by atoms with Crippen LogP contribution in [-0.4, -0.2) is 30.0 Å². The van der Waals surface area contributed by atoms with E-state index < -0.39 is 10.9 Å². The number of hydrogen-bond donors (Lipinski definition) is 0. The lowest BCUT2D eigenvalue weighted by Gasteiger charge is -2.12. The number of aliphatic imine (C=N–C) groups is 1. The molecule has 0 atom stereocenters. The number of cyclic esters (lactones) is 1. The quantitative estimate of drug-likeness (QED) is 0.203. The Morgan fingerprint density at radius 2 is 2.00 bits per heavy atom. The summed E-state index contributed by atoms with van der Waals surface area (Å²) in [6, 6.07) is 9.71. The molecule has 0 unspecified atom stereocenters. The van der Waals surface area contributed by atoms with Crippen LogP contribution in [0.15, 0.2) is 59.2 Å². The molecule has 31 heavy (non-hydrogen) atoms. The van der Waals surface area contributed by atoms with Gasteiger partial charge in [-0.15, -0.1) is 0 Å². The molecule has 2 aromatic rings. The molecule has 0 saturated heterocycles. The maximum absolute atomic E-state index is 12.3. The Kier molecular flexibility index (Phi) is 6.49. The Labute approximate surface area is 179 Å². The highest BCUT2D eigenvalue weighted by Gasteiger charge is 2.25. The van der Waals surface area contributed by atoms with Crippen molar-refractivity contribution in [3.63, 3.8) is 0 Å². The molecule has 2 aromatic carbocycles. The van der Waals surface area contributed by atoms with Crippen molar-refractivity contribution in [2.45, 2.75) is 20.8 Å². The third kappa shape index (κ3) is 5.16. The van der Waals surface area contributed by atoms with E-state index in [1.165, 1.54) is 12.1 Å². The first kappa shape index (κ1) is 21.8. The zero-order valence-corrected chi connectivity index (χ0v) is 17.5. The van der Waals surface area contributed by atoms with Crippen molar-refractivity contribution in [3.05, 3.63) is 81.1 Å². The van der Waals surface area contributed by atoms with Crippen LogP contribution in [0.1, 0.15) is 30.5 Å². The monoisotopic (exact) mass is 422 g/mol. The molecule has 0 aromatic heterocycles. The van der Waals surface area contributed by atoms with Crippen LogP contribution >= 0.6 is 0 Å². The normalized spacial score (nSPS) is 14.2. The first-order chi connectivity index (χ1) is 14.8. The van der Waals surface area contributed by atoms with Gasteiger partial charge >= 0.3 is 5.97 Å². The van der Waals surface area contributed by atoms with Gasteiger partial charge in [0.15, 0.2) is 17.2 Å². The number of hydrogen-bond acceptors (Lipinski definition) is 7. The topological polar surface area (TPSA) is 100 Å². The van der Waals surface area contributed by atoms with Gasteiger partial charge in [0.05, 0.1) is 11.5 Å². The van der Waals surface area contributed by atoms with Gasteiger partial charge in [-0.25, -0.2) is 9.79 Å². The number of nitrogens with zero attached hydrogens (tertiary/aromatic N) is 2. The van der Waals surface area contributed by atoms with Crippen molar-refractivity contribution >= 4 is 23.6 Å². The van der Waals surface area contributed by atoms with E-state index in [9.17, 15) is 14.9 Å². The van der Waals surface area contributed by atoms with Crippen LogP contribution in [0.3, 0.4) is 0 Å². The van der Waals surface area contributed by atoms with Gasteiger partial charge in [0.2, 0.25) is 5.90 Å². The first-order valence-corrected chi connectivity index (χ1v) is 9.60. The maximum Gasteiger partial charge on any atom is 0.363 e. The fourth-order valence-electron chi connectivity index (χ4n) is 2.89. The molecule has 0 radical (unpaired) electrons. The minimum atomic E-state index is -0.605. The van der Waals surface area contributed by atoms with E-state index in [1.807, 2.05) is 13.8 Å². The smallest absolute Gasteiger partial charge is 0.363 e. The SMILES string of the molecule is C=C(C)COc1ccc(/C=C2\N=C(c3ccc([N+](=O)[O-])c(C)c3)OC2=O)cc1OCC. The largest absolute Gasteiger partial charge is 0.490 e. The summed E-state index contributed by atoms with van der Waals surface area (Å²) in [7, 11) is 0. The van der Waals surface area contributed by atoms with Gasteiger partial charge in [0.25, 0.3) is 5.69 Å². The number of nitro benzene ring substituents is 1. The Morgan fingerprint density at radius 1 is 1.23 bits per heavy atom. The molecule has 1 heterocycles. The van der Waals surface area contributed by atoms with Crippen LogP contribution in [0.5, 0.6) is 11.5 Å². The minimum absolute atomic E-state index is 0.0122. The van der Waals surface area contributed by atoms with Gasteiger partial charge in [-0.3, -0.25) is 10.1 Å². The molecular formula is C23H22N2O6. The molecular weight excluding hydrogens is 400 g/mol. The van der Waals surface area contributed by atoms with Gasteiger partial charge in [0.1, 0.15) is 6.61 Å². The number of carbonyl (C=O) groups excluding carboxylic acids is 1. The highest BCUT2D eigenvalue weighted by atomic mass is 16.6. The van der Waals surface area contributed by atoms with Crippen molar-refractivity contribution < 1.29 is 23.9 Å². The summed E-state index contributed by atoms with van der Waals surface area (Å²) in [4.78, 5) is 27.1. The maximum atomic E-state index is 12.3. The van der Waals surface area contributed by atoms with Crippen molar-refractivity contribution in [1.29, 1.82) is 0 Å². The van der Waals surface area contributed by atoms with Gasteiger partial charge in [-0.05, 0) is 62.2 Å². The molecule has 0 aliphatic carbocycles. The molecule has 0 spiro atoms. The van der Waals surface area contributed by atoms with E-state index in [4.69, 9.17) is 14.2 Å². The fourth-order valence-corrected chi connectivity index (χ4v) is 2.89. The number of esters is 1. The zero-order chi connectivity index (χ0) is 22.5. The molecule has 8 heteroatoms. The highest BCUT2D eigenvalue weighted by molar-refractivity contribution is 6.13. The number of nitro groups is 1. The number of aryl methyl sites for hydroxylation is 1. The number of benzene rings is 2. The molecule has 8 nitrogen and oxygen atoms in total. The van der Waals surface area contributed by atoms with Gasteiger partial charge in [-0.2, -0.15) is 0 Å². The van der Waals surface area contributed by atoms with Gasteiger partial charge in [0, 0.05) is 17.2 Å². The minimum Gasteiger partial charge on any atom is -0.490 e. The van der Waals surface area contributed by atoms with Crippen molar-refractivity contribution in [1.82, 2.24) is 0 Å². The highest BCUT2D eigenvalue weighted by Crippen LogP contribution is 2.31. The van der Waals surface area contributed by atoms with E-state index in [1.54, 1.807) is 37.3 Å². The van der Waals surface area contributed by atoms with Crippen LogP contribution in [0.25, 0.3) is 6.08 Å². The van der Waals surface area contributed by atoms with Crippen LogP contribution in [0.4, 0.5) is 5.69 Å². The summed E-state index contributed by atoms with van der Waals surface area (Å²) in [6.07, 6.45) is 1.58. The van der Waals surface area contributed by atoms with E-state index >= 15 is 0 Å². The van der Waals surface area contributed by atoms with E-state index in [-0.39, 0.29) is 17.3 Å². The first-order valence-electron chi connectivity index (χ1n) is 9.60. The Bertz CT molecular complexity index is 1120. The van der Waals surface area contributed by atoms with Crippen LogP contribution in [0, 0.1) is 17.0 Å². The lowest BCUT2D eigenvalue weighted by Crippen LogP contribution is -2.06. The summed E-state index contributed by atoms with van der Waals surface area (Å²) < 4.78 is 16.6. The zero-order valence-electron chi connectivity index (χ0n) is 17.5. The molecule has 1 aliphatic rings. The summed E-state index contributed by atoms with van der Waals surface area (Å²) in [6.45, 7) is 9.99. The summed E-state index contributed by atoms with van der Waals surface area (Å²) in [5, 5.41) is 11.0. The molecule has 0 fully saturated rings. The van der Waals surface area contributed by atoms with E-state index in [0.29, 0.717) is 41.4 Å². The third-order valence-corrected chi connectivity index (χ3v) is 4.31. The summed E-state index contributed by atoms with van der Waals surface area (Å²) >= 11 is 0. The average Bonchev–Trinajstić information content (AvgIpc) is 3.07. The second kappa shape index (κ2) is 9.25. The van der Waals surface area contributed by atoms with Gasteiger partial charge in [-0.1, -0.05) is 12.6 Å². The molecule has 0 saturated carbocycles. The second-order valence-electron chi connectivity index (χ2n) is 6.98. The van der Waals surface area contributed by atoms with Gasteiger partial charge < -0.3 is 14.2 Å². The molecule has 160 valence electrons. The Balaban J connectivity index is 1.89. The molecule has 0 N–H and O–H groups in total. The van der Waals surface area contributed by atoms with Crippen LogP contribution in [-0.2, 0) is 9.53 Å². The summed E-state index contributed by atoms with van der Waals surface area (Å²) in [5.74, 6) is 0.610. The van der Waals surface area contributed by atoms with E-state index in [2.05, 4.69) is 11.6 Å². The Morgan fingerprint density at radius 3 is 2.65 bits per heavy atom. The standard InChI is InChI=1S/C23H22N2O6/c1-5-29-21-12-16(6-9-20(21)30-13-14(2)3)11-18-23(26)31-22(24-18)17-7-8-19(25(27)28)15(4)10-17/h6-12H,2,5,13H2,1,3-4H3/b18-11-. The third-order valence-electron chi connectivity index (χ3n) is 4.31. The van der Waals surface area contributed by atoms with Crippen molar-refractivity contribution in [3.8, 4) is 11.5 Å². The Hall–Kier alpha value is -3.94. The van der Waals surface area contributed by atoms with Crippen molar-refractivity contribution in [2.24, 2.45) is 4.99 Å². The fraction of sp³-hybridized carbons (Fsp3) is 0.217. The predicted molar refractivity (Wildman–Crippen MR) is 116 cm³/mol. The average molecular weight is 422 g/mol. The lowest BCUT2D eigenvalue weighted by atomic mass is 10.1. The predicted octanol–water partition coefficient (Wildman–Crippen LogP) is 4.60. The molecule has 0 bridgehead atoms. The number of rotatable bonds is 8. The lowest BCUT2D eigenvalue weighted by molar-refractivity contribution is -0.385. The summed E-state index contributed by atoms with van der Waals surface area (Å²) in [5.41, 5.74) is 2.60. The number of carbonyl (C=O) groups is 1. The number of ether oxygens (including phenoxy) is 3. The van der Waals surface area contributed by atoms with E-state index in [0.717, 1.165) is 5.57 Å². The molecule has 1 aliphatic heterocycles. The second-order valence-corrected chi connectivity index (χ2v) is 6.98. The van der Waals surface area contributed by atoms with Crippen LogP contribution < -0.4 is 9.47 Å². The van der Waals surface area contributed by atoms with Crippen LogP contribution in [0.2, 0.25) is 0 Å². The molecule has 3 rings (SSSR count).